The van der Waals surface area contributed by atoms with E-state index in [2.05, 4.69) is 4.72 Å². The molecule has 0 radical (unpaired) electrons. The summed E-state index contributed by atoms with van der Waals surface area (Å²) in [6.45, 7) is 3.15. The molecule has 0 saturated carbocycles. The Morgan fingerprint density at radius 1 is 1.32 bits per heavy atom. The van der Waals surface area contributed by atoms with E-state index in [4.69, 9.17) is 11.6 Å². The fourth-order valence-corrected chi connectivity index (χ4v) is 3.51. The van der Waals surface area contributed by atoms with Crippen molar-refractivity contribution in [2.75, 3.05) is 11.6 Å². The van der Waals surface area contributed by atoms with Crippen LogP contribution in [-0.4, -0.2) is 20.1 Å². The van der Waals surface area contributed by atoms with Crippen LogP contribution >= 0.6 is 11.6 Å². The van der Waals surface area contributed by atoms with E-state index < -0.39 is 27.7 Å². The lowest BCUT2D eigenvalue weighted by atomic mass is 10.1. The summed E-state index contributed by atoms with van der Waals surface area (Å²) in [5, 5.41) is 0. The summed E-state index contributed by atoms with van der Waals surface area (Å²) in [6, 6.07) is 2.09. The molecular weight excluding hydrogens is 296 g/mol. The summed E-state index contributed by atoms with van der Waals surface area (Å²) < 4.78 is 52.4. The fourth-order valence-electron chi connectivity index (χ4n) is 1.65. The molecule has 1 aromatic rings. The molecular formula is C12H16ClF2NO2S. The topological polar surface area (TPSA) is 46.2 Å². The Hall–Kier alpha value is -0.720. The molecule has 0 aliphatic rings. The van der Waals surface area contributed by atoms with Crippen LogP contribution in [0.1, 0.15) is 25.5 Å². The lowest BCUT2D eigenvalue weighted by Crippen LogP contribution is -2.32. The van der Waals surface area contributed by atoms with E-state index >= 15 is 0 Å². The van der Waals surface area contributed by atoms with E-state index in [1.165, 1.54) is 6.92 Å². The van der Waals surface area contributed by atoms with Crippen LogP contribution in [0.25, 0.3) is 0 Å². The van der Waals surface area contributed by atoms with Crippen molar-refractivity contribution in [2.45, 2.75) is 19.9 Å². The van der Waals surface area contributed by atoms with Crippen molar-refractivity contribution in [3.05, 3.63) is 35.4 Å². The van der Waals surface area contributed by atoms with Crippen LogP contribution in [-0.2, 0) is 10.0 Å². The van der Waals surface area contributed by atoms with Crippen molar-refractivity contribution in [1.82, 2.24) is 4.72 Å². The normalized spacial score (nSPS) is 15.2. The van der Waals surface area contributed by atoms with Crippen LogP contribution in [0.3, 0.4) is 0 Å². The second-order valence-corrected chi connectivity index (χ2v) is 6.65. The number of benzene rings is 1. The summed E-state index contributed by atoms with van der Waals surface area (Å²) in [5.41, 5.74) is -0.0258. The molecule has 0 saturated heterocycles. The zero-order chi connectivity index (χ0) is 14.6. The number of halogens is 3. The Balaban J connectivity index is 2.84. The smallest absolute Gasteiger partial charge is 0.212 e. The molecule has 2 unspecified atom stereocenters. The molecule has 2 atom stereocenters. The number of sulfonamides is 1. The molecule has 7 heteroatoms. The number of nitrogens with one attached hydrogen (secondary N) is 1. The van der Waals surface area contributed by atoms with Crippen molar-refractivity contribution in [3.8, 4) is 0 Å². The first-order valence-electron chi connectivity index (χ1n) is 5.76. The van der Waals surface area contributed by atoms with Crippen LogP contribution in [0.5, 0.6) is 0 Å². The molecule has 0 bridgehead atoms. The van der Waals surface area contributed by atoms with Gasteiger partial charge in [-0.2, -0.15) is 0 Å². The van der Waals surface area contributed by atoms with E-state index in [0.717, 1.165) is 18.2 Å². The minimum Gasteiger partial charge on any atom is -0.212 e. The van der Waals surface area contributed by atoms with Crippen LogP contribution < -0.4 is 4.72 Å². The second kappa shape index (κ2) is 6.63. The maximum atomic E-state index is 13.5. The Kier molecular flexibility index (Phi) is 5.70. The maximum Gasteiger partial charge on any atom is 0.212 e. The predicted octanol–water partition coefficient (Wildman–Crippen LogP) is 2.82. The van der Waals surface area contributed by atoms with Gasteiger partial charge in [-0.05, 0) is 31.0 Å². The standard InChI is InChI=1S/C12H16ClF2NO2S/c1-8(6-13)7-19(17,18)16-9(2)11-5-10(14)3-4-12(11)15/h3-5,8-9,16H,6-7H2,1-2H3. The van der Waals surface area contributed by atoms with Gasteiger partial charge in [-0.15, -0.1) is 11.6 Å². The lowest BCUT2D eigenvalue weighted by molar-refractivity contribution is 0.535. The van der Waals surface area contributed by atoms with E-state index in [1.807, 2.05) is 0 Å². The van der Waals surface area contributed by atoms with Gasteiger partial charge in [-0.1, -0.05) is 6.92 Å². The van der Waals surface area contributed by atoms with Crippen LogP contribution in [0.4, 0.5) is 8.78 Å². The molecule has 0 heterocycles. The fraction of sp³-hybridized carbons (Fsp3) is 0.500. The highest BCUT2D eigenvalue weighted by Gasteiger charge is 2.20. The highest BCUT2D eigenvalue weighted by Crippen LogP contribution is 2.19. The monoisotopic (exact) mass is 311 g/mol. The quantitative estimate of drug-likeness (QED) is 0.821. The largest absolute Gasteiger partial charge is 0.212 e. The molecule has 0 aliphatic carbocycles. The first-order valence-corrected chi connectivity index (χ1v) is 7.94. The van der Waals surface area contributed by atoms with E-state index in [1.54, 1.807) is 6.92 Å². The Labute approximate surface area is 117 Å². The molecule has 0 amide bonds. The van der Waals surface area contributed by atoms with Gasteiger partial charge in [0.15, 0.2) is 0 Å². The molecule has 0 spiro atoms. The highest BCUT2D eigenvalue weighted by molar-refractivity contribution is 7.89. The van der Waals surface area contributed by atoms with Crippen molar-refractivity contribution >= 4 is 21.6 Å². The van der Waals surface area contributed by atoms with Gasteiger partial charge in [-0.25, -0.2) is 21.9 Å². The highest BCUT2D eigenvalue weighted by atomic mass is 35.5. The van der Waals surface area contributed by atoms with Gasteiger partial charge in [0.25, 0.3) is 0 Å². The predicted molar refractivity (Wildman–Crippen MR) is 71.6 cm³/mol. The third-order valence-electron chi connectivity index (χ3n) is 2.55. The van der Waals surface area contributed by atoms with E-state index in [9.17, 15) is 17.2 Å². The molecule has 1 aromatic carbocycles. The first kappa shape index (κ1) is 16.3. The molecule has 19 heavy (non-hydrogen) atoms. The Bertz CT molecular complexity index is 537. The van der Waals surface area contributed by atoms with Crippen molar-refractivity contribution in [3.63, 3.8) is 0 Å². The summed E-state index contributed by atoms with van der Waals surface area (Å²) in [7, 11) is -3.59. The third kappa shape index (κ3) is 5.04. The summed E-state index contributed by atoms with van der Waals surface area (Å²) in [6.07, 6.45) is 0. The molecule has 108 valence electrons. The molecule has 1 rings (SSSR count). The first-order chi connectivity index (χ1) is 8.75. The van der Waals surface area contributed by atoms with Gasteiger partial charge in [-0.3, -0.25) is 0 Å². The minimum absolute atomic E-state index is 0.0258. The van der Waals surface area contributed by atoms with Crippen molar-refractivity contribution in [2.24, 2.45) is 5.92 Å². The maximum absolute atomic E-state index is 13.5. The summed E-state index contributed by atoms with van der Waals surface area (Å²) in [5.74, 6) is -1.43. The number of alkyl halides is 1. The lowest BCUT2D eigenvalue weighted by Gasteiger charge is -2.17. The zero-order valence-corrected chi connectivity index (χ0v) is 12.2. The van der Waals surface area contributed by atoms with Gasteiger partial charge in [0.1, 0.15) is 11.6 Å². The molecule has 3 nitrogen and oxygen atoms in total. The van der Waals surface area contributed by atoms with Crippen molar-refractivity contribution in [1.29, 1.82) is 0 Å². The van der Waals surface area contributed by atoms with E-state index in [-0.39, 0.29) is 23.1 Å². The van der Waals surface area contributed by atoms with Crippen molar-refractivity contribution < 1.29 is 17.2 Å². The Morgan fingerprint density at radius 2 is 1.95 bits per heavy atom. The second-order valence-electron chi connectivity index (χ2n) is 4.55. The Morgan fingerprint density at radius 3 is 2.53 bits per heavy atom. The number of hydrogen-bond acceptors (Lipinski definition) is 2. The molecule has 1 N–H and O–H groups in total. The van der Waals surface area contributed by atoms with Crippen LogP contribution in [0, 0.1) is 17.6 Å². The number of hydrogen-bond donors (Lipinski definition) is 1. The minimum atomic E-state index is -3.59. The van der Waals surface area contributed by atoms with Gasteiger partial charge in [0.2, 0.25) is 10.0 Å². The summed E-state index contributed by atoms with van der Waals surface area (Å²) in [4.78, 5) is 0. The summed E-state index contributed by atoms with van der Waals surface area (Å²) >= 11 is 5.56. The van der Waals surface area contributed by atoms with Gasteiger partial charge < -0.3 is 0 Å². The average Bonchev–Trinajstić information content (AvgIpc) is 2.30. The van der Waals surface area contributed by atoms with Crippen LogP contribution in [0.2, 0.25) is 0 Å². The third-order valence-corrected chi connectivity index (χ3v) is 4.80. The average molecular weight is 312 g/mol. The zero-order valence-electron chi connectivity index (χ0n) is 10.7. The van der Waals surface area contributed by atoms with Gasteiger partial charge in [0.05, 0.1) is 5.75 Å². The van der Waals surface area contributed by atoms with Gasteiger partial charge in [0, 0.05) is 17.5 Å². The number of rotatable bonds is 6. The molecule has 0 fully saturated rings. The molecule has 0 aliphatic heterocycles. The van der Waals surface area contributed by atoms with Gasteiger partial charge >= 0.3 is 0 Å². The van der Waals surface area contributed by atoms with E-state index in [0.29, 0.717) is 0 Å². The SMILES string of the molecule is CC(CCl)CS(=O)(=O)NC(C)c1cc(F)ccc1F. The van der Waals surface area contributed by atoms with Crippen LogP contribution in [0.15, 0.2) is 18.2 Å². The molecule has 0 aromatic heterocycles.